The Bertz CT molecular complexity index is 1040. The van der Waals surface area contributed by atoms with Crippen LogP contribution in [-0.2, 0) is 26.1 Å². The Labute approximate surface area is 197 Å². The van der Waals surface area contributed by atoms with Gasteiger partial charge in [0, 0.05) is 19.2 Å². The lowest BCUT2D eigenvalue weighted by atomic mass is 10.2. The standard InChI is InChI=1S/C22H26Cl2N2O6/c1-12-14(8-9-19(27)32-22(3,4)5)20(26(6)25-12)31-18-11-17(15(23)10-16(18)24)30-13(2)21(28)29-7/h8-11,13H,1-7H3/b9-8+/t13-/m0/s1. The highest BCUT2D eigenvalue weighted by molar-refractivity contribution is 6.36. The van der Waals surface area contributed by atoms with E-state index in [4.69, 9.17) is 37.4 Å². The second-order valence-electron chi connectivity index (χ2n) is 7.89. The monoisotopic (exact) mass is 484 g/mol. The van der Waals surface area contributed by atoms with Gasteiger partial charge in [-0.2, -0.15) is 5.10 Å². The van der Waals surface area contributed by atoms with Crippen molar-refractivity contribution in [3.05, 3.63) is 39.5 Å². The number of carbonyl (C=O) groups excluding carboxylic acids is 2. The first-order valence-electron chi connectivity index (χ1n) is 9.68. The Kier molecular flexibility index (Phi) is 8.20. The maximum atomic E-state index is 12.1. The van der Waals surface area contributed by atoms with E-state index in [2.05, 4.69) is 9.84 Å². The number of halogens is 2. The van der Waals surface area contributed by atoms with Crippen molar-refractivity contribution in [1.29, 1.82) is 0 Å². The number of methoxy groups -OCH3 is 1. The van der Waals surface area contributed by atoms with E-state index >= 15 is 0 Å². The van der Waals surface area contributed by atoms with Crippen molar-refractivity contribution in [1.82, 2.24) is 9.78 Å². The summed E-state index contributed by atoms with van der Waals surface area (Å²) in [5.74, 6) is -0.315. The van der Waals surface area contributed by atoms with Gasteiger partial charge in [0.2, 0.25) is 5.88 Å². The maximum absolute atomic E-state index is 12.1. The van der Waals surface area contributed by atoms with Gasteiger partial charge in [-0.15, -0.1) is 0 Å². The van der Waals surface area contributed by atoms with Crippen LogP contribution in [0.15, 0.2) is 18.2 Å². The van der Waals surface area contributed by atoms with Crippen LogP contribution in [0.25, 0.3) is 6.08 Å². The zero-order chi connectivity index (χ0) is 24.2. The summed E-state index contributed by atoms with van der Waals surface area (Å²) in [4.78, 5) is 23.7. The second kappa shape index (κ2) is 10.3. The van der Waals surface area contributed by atoms with Crippen molar-refractivity contribution in [2.45, 2.75) is 46.3 Å². The molecule has 0 bridgehead atoms. The summed E-state index contributed by atoms with van der Waals surface area (Å²) in [6, 6.07) is 2.91. The molecule has 0 aliphatic rings. The molecule has 2 rings (SSSR count). The van der Waals surface area contributed by atoms with Gasteiger partial charge in [-0.3, -0.25) is 0 Å². The highest BCUT2D eigenvalue weighted by Crippen LogP contribution is 2.39. The fourth-order valence-electron chi connectivity index (χ4n) is 2.64. The van der Waals surface area contributed by atoms with Crippen molar-refractivity contribution in [2.75, 3.05) is 7.11 Å². The van der Waals surface area contributed by atoms with E-state index in [0.717, 1.165) is 0 Å². The van der Waals surface area contributed by atoms with Gasteiger partial charge in [0.1, 0.15) is 11.4 Å². The lowest BCUT2D eigenvalue weighted by Crippen LogP contribution is -2.25. The number of carbonyl (C=O) groups is 2. The molecule has 10 heteroatoms. The third-order valence-electron chi connectivity index (χ3n) is 4.04. The predicted octanol–water partition coefficient (Wildman–Crippen LogP) is 5.12. The number of aromatic nitrogens is 2. The first kappa shape index (κ1) is 25.5. The lowest BCUT2D eigenvalue weighted by molar-refractivity contribution is -0.149. The first-order valence-corrected chi connectivity index (χ1v) is 10.4. The number of benzene rings is 1. The number of esters is 2. The summed E-state index contributed by atoms with van der Waals surface area (Å²) < 4.78 is 23.0. The summed E-state index contributed by atoms with van der Waals surface area (Å²) in [6.45, 7) is 8.66. The van der Waals surface area contributed by atoms with Crippen molar-refractivity contribution < 1.29 is 28.5 Å². The molecule has 0 amide bonds. The molecule has 1 aromatic heterocycles. The third-order valence-corrected chi connectivity index (χ3v) is 4.63. The summed E-state index contributed by atoms with van der Waals surface area (Å²) >= 11 is 12.5. The zero-order valence-corrected chi connectivity index (χ0v) is 20.5. The molecule has 8 nitrogen and oxygen atoms in total. The van der Waals surface area contributed by atoms with Gasteiger partial charge in [0.05, 0.1) is 28.4 Å². The van der Waals surface area contributed by atoms with Crippen LogP contribution in [0.2, 0.25) is 10.0 Å². The fraction of sp³-hybridized carbons (Fsp3) is 0.409. The molecule has 1 heterocycles. The average Bonchev–Trinajstić information content (AvgIpc) is 2.94. The second-order valence-corrected chi connectivity index (χ2v) is 8.71. The van der Waals surface area contributed by atoms with Crippen molar-refractivity contribution in [2.24, 2.45) is 7.05 Å². The Hall–Kier alpha value is -2.71. The van der Waals surface area contributed by atoms with Gasteiger partial charge in [-0.05, 0) is 46.8 Å². The molecule has 1 atom stereocenters. The minimum Gasteiger partial charge on any atom is -0.477 e. The molecule has 0 fully saturated rings. The zero-order valence-electron chi connectivity index (χ0n) is 19.0. The van der Waals surface area contributed by atoms with Gasteiger partial charge in [-0.1, -0.05) is 23.2 Å². The molecule has 1 aromatic carbocycles. The third kappa shape index (κ3) is 6.64. The van der Waals surface area contributed by atoms with Crippen molar-refractivity contribution in [3.8, 4) is 17.4 Å². The van der Waals surface area contributed by atoms with Crippen LogP contribution in [0.4, 0.5) is 0 Å². The maximum Gasteiger partial charge on any atom is 0.346 e. The largest absolute Gasteiger partial charge is 0.477 e. The van der Waals surface area contributed by atoms with E-state index in [1.165, 1.54) is 36.9 Å². The normalized spacial score (nSPS) is 12.5. The van der Waals surface area contributed by atoms with Gasteiger partial charge >= 0.3 is 11.9 Å². The van der Waals surface area contributed by atoms with Crippen LogP contribution in [0, 0.1) is 6.92 Å². The number of hydrogen-bond acceptors (Lipinski definition) is 7. The topological polar surface area (TPSA) is 88.9 Å². The molecule has 0 saturated heterocycles. The fourth-order valence-corrected chi connectivity index (χ4v) is 3.11. The number of rotatable bonds is 7. The average molecular weight is 485 g/mol. The van der Waals surface area contributed by atoms with Gasteiger partial charge in [-0.25, -0.2) is 14.3 Å². The highest BCUT2D eigenvalue weighted by Gasteiger charge is 2.21. The molecule has 0 spiro atoms. The van der Waals surface area contributed by atoms with Crippen molar-refractivity contribution in [3.63, 3.8) is 0 Å². The first-order chi connectivity index (χ1) is 14.8. The molecular weight excluding hydrogens is 459 g/mol. The molecule has 2 aromatic rings. The number of hydrogen-bond donors (Lipinski definition) is 0. The van der Waals surface area contributed by atoms with E-state index in [9.17, 15) is 9.59 Å². The molecule has 0 unspecified atom stereocenters. The number of nitrogens with zero attached hydrogens (tertiary/aromatic N) is 2. The van der Waals surface area contributed by atoms with E-state index < -0.39 is 23.6 Å². The van der Waals surface area contributed by atoms with Crippen molar-refractivity contribution >= 4 is 41.2 Å². The SMILES string of the molecule is COC(=O)[C@H](C)Oc1cc(Oc2c(/C=C/C(=O)OC(C)(C)C)c(C)nn2C)c(Cl)cc1Cl. The van der Waals surface area contributed by atoms with Crippen LogP contribution in [0.1, 0.15) is 39.0 Å². The van der Waals surface area contributed by atoms with Crippen LogP contribution < -0.4 is 9.47 Å². The van der Waals surface area contributed by atoms with E-state index in [1.807, 2.05) is 0 Å². The molecule has 0 radical (unpaired) electrons. The molecule has 0 aliphatic heterocycles. The highest BCUT2D eigenvalue weighted by atomic mass is 35.5. The number of aryl methyl sites for hydroxylation is 2. The van der Waals surface area contributed by atoms with E-state index in [1.54, 1.807) is 40.8 Å². The molecular formula is C22H26Cl2N2O6. The summed E-state index contributed by atoms with van der Waals surface area (Å²) in [5, 5.41) is 4.75. The molecule has 0 N–H and O–H groups in total. The predicted molar refractivity (Wildman–Crippen MR) is 121 cm³/mol. The molecule has 174 valence electrons. The summed E-state index contributed by atoms with van der Waals surface area (Å²) in [5.41, 5.74) is 0.581. The minimum absolute atomic E-state index is 0.189. The molecule has 0 saturated carbocycles. The Morgan fingerprint density at radius 1 is 1.16 bits per heavy atom. The summed E-state index contributed by atoms with van der Waals surface area (Å²) in [7, 11) is 2.95. The Balaban J connectivity index is 2.36. The molecule has 32 heavy (non-hydrogen) atoms. The van der Waals surface area contributed by atoms with E-state index in [0.29, 0.717) is 17.1 Å². The lowest BCUT2D eigenvalue weighted by Gasteiger charge is -2.18. The van der Waals surface area contributed by atoms with E-state index in [-0.39, 0.29) is 21.5 Å². The van der Waals surface area contributed by atoms with Crippen LogP contribution >= 0.6 is 23.2 Å². The number of ether oxygens (including phenoxy) is 4. The van der Waals surface area contributed by atoms with Crippen LogP contribution in [-0.4, -0.2) is 40.5 Å². The van der Waals surface area contributed by atoms with Crippen LogP contribution in [0.5, 0.6) is 17.4 Å². The smallest absolute Gasteiger partial charge is 0.346 e. The Morgan fingerprint density at radius 2 is 1.78 bits per heavy atom. The van der Waals surface area contributed by atoms with Gasteiger partial charge < -0.3 is 18.9 Å². The minimum atomic E-state index is -0.891. The summed E-state index contributed by atoms with van der Waals surface area (Å²) in [6.07, 6.45) is 1.97. The Morgan fingerprint density at radius 3 is 2.38 bits per heavy atom. The molecule has 0 aliphatic carbocycles. The van der Waals surface area contributed by atoms with Gasteiger partial charge in [0.25, 0.3) is 0 Å². The van der Waals surface area contributed by atoms with Gasteiger partial charge in [0.15, 0.2) is 11.9 Å². The quantitative estimate of drug-likeness (QED) is 0.397. The van der Waals surface area contributed by atoms with Crippen LogP contribution in [0.3, 0.4) is 0 Å².